The molecule has 5 heteroatoms. The Hall–Kier alpha value is -1.91. The molecule has 20 heavy (non-hydrogen) atoms. The fourth-order valence-electron chi connectivity index (χ4n) is 2.37. The first-order valence-electron chi connectivity index (χ1n) is 6.86. The van der Waals surface area contributed by atoms with E-state index in [0.29, 0.717) is 19.4 Å². The van der Waals surface area contributed by atoms with E-state index in [4.69, 9.17) is 0 Å². The summed E-state index contributed by atoms with van der Waals surface area (Å²) < 4.78 is 12.8. The predicted molar refractivity (Wildman–Crippen MR) is 73.3 cm³/mol. The van der Waals surface area contributed by atoms with Gasteiger partial charge in [-0.05, 0) is 30.5 Å². The van der Waals surface area contributed by atoms with Gasteiger partial charge in [0, 0.05) is 20.0 Å². The minimum absolute atomic E-state index is 0.0180. The van der Waals surface area contributed by atoms with E-state index in [9.17, 15) is 14.0 Å². The molecule has 2 amide bonds. The Kier molecular flexibility index (Phi) is 4.71. The van der Waals surface area contributed by atoms with Gasteiger partial charge < -0.3 is 10.2 Å². The maximum absolute atomic E-state index is 12.8. The van der Waals surface area contributed by atoms with Crippen molar-refractivity contribution >= 4 is 11.8 Å². The van der Waals surface area contributed by atoms with E-state index in [1.54, 1.807) is 19.2 Å². The van der Waals surface area contributed by atoms with Crippen molar-refractivity contribution in [1.29, 1.82) is 0 Å². The molecular formula is C15H19FN2O2. The number of nitrogens with one attached hydrogen (secondary N) is 1. The van der Waals surface area contributed by atoms with E-state index in [0.717, 1.165) is 18.4 Å². The van der Waals surface area contributed by atoms with Gasteiger partial charge in [0.05, 0.1) is 0 Å². The Bertz CT molecular complexity index is 487. The van der Waals surface area contributed by atoms with Crippen LogP contribution in [0.25, 0.3) is 0 Å². The highest BCUT2D eigenvalue weighted by Gasteiger charge is 2.28. The second kappa shape index (κ2) is 6.50. The van der Waals surface area contributed by atoms with Crippen LogP contribution in [-0.4, -0.2) is 29.8 Å². The van der Waals surface area contributed by atoms with E-state index in [2.05, 4.69) is 5.32 Å². The standard InChI is InChI=1S/C15H19FN2O2/c1-18-13(4-2-3-5-14(18)19)15(20)17-10-11-6-8-12(16)9-7-11/h6-9,13H,2-5,10H2,1H3,(H,17,20). The van der Waals surface area contributed by atoms with Crippen LogP contribution in [-0.2, 0) is 16.1 Å². The highest BCUT2D eigenvalue weighted by Crippen LogP contribution is 2.16. The normalized spacial score (nSPS) is 19.6. The van der Waals surface area contributed by atoms with Crippen LogP contribution in [0, 0.1) is 5.82 Å². The maximum Gasteiger partial charge on any atom is 0.243 e. The number of nitrogens with zero attached hydrogens (tertiary/aromatic N) is 1. The molecule has 1 fully saturated rings. The third kappa shape index (κ3) is 3.56. The summed E-state index contributed by atoms with van der Waals surface area (Å²) in [6, 6.07) is 5.60. The molecule has 0 bridgehead atoms. The first kappa shape index (κ1) is 14.5. The van der Waals surface area contributed by atoms with Crippen LogP contribution in [0.3, 0.4) is 0 Å². The zero-order chi connectivity index (χ0) is 14.5. The molecule has 0 saturated carbocycles. The average Bonchev–Trinajstić information content (AvgIpc) is 2.61. The molecule has 1 aliphatic heterocycles. The van der Waals surface area contributed by atoms with Crippen LogP contribution in [0.4, 0.5) is 4.39 Å². The number of amides is 2. The Morgan fingerprint density at radius 3 is 2.75 bits per heavy atom. The van der Waals surface area contributed by atoms with Crippen molar-refractivity contribution in [2.24, 2.45) is 0 Å². The van der Waals surface area contributed by atoms with Crippen molar-refractivity contribution in [3.8, 4) is 0 Å². The Balaban J connectivity index is 1.93. The quantitative estimate of drug-likeness (QED) is 0.917. The molecular weight excluding hydrogens is 259 g/mol. The number of carbonyl (C=O) groups is 2. The van der Waals surface area contributed by atoms with Crippen LogP contribution >= 0.6 is 0 Å². The summed E-state index contributed by atoms with van der Waals surface area (Å²) in [6.07, 6.45) is 2.92. The van der Waals surface area contributed by atoms with Gasteiger partial charge in [-0.15, -0.1) is 0 Å². The number of halogens is 1. The summed E-state index contributed by atoms with van der Waals surface area (Å²) in [6.45, 7) is 0.345. The smallest absolute Gasteiger partial charge is 0.243 e. The van der Waals surface area contributed by atoms with Crippen LogP contribution in [0.15, 0.2) is 24.3 Å². The van der Waals surface area contributed by atoms with E-state index in [-0.39, 0.29) is 17.6 Å². The zero-order valence-corrected chi connectivity index (χ0v) is 11.6. The monoisotopic (exact) mass is 278 g/mol. The molecule has 1 heterocycles. The summed E-state index contributed by atoms with van der Waals surface area (Å²) in [7, 11) is 1.68. The number of hydrogen-bond acceptors (Lipinski definition) is 2. The van der Waals surface area contributed by atoms with Gasteiger partial charge in [-0.25, -0.2) is 4.39 Å². The second-order valence-electron chi connectivity index (χ2n) is 5.11. The molecule has 1 unspecified atom stereocenters. The molecule has 0 spiro atoms. The van der Waals surface area contributed by atoms with Gasteiger partial charge in [-0.3, -0.25) is 9.59 Å². The van der Waals surface area contributed by atoms with Crippen molar-refractivity contribution < 1.29 is 14.0 Å². The lowest BCUT2D eigenvalue weighted by Gasteiger charge is -2.25. The third-order valence-electron chi connectivity index (χ3n) is 3.66. The largest absolute Gasteiger partial charge is 0.350 e. The SMILES string of the molecule is CN1C(=O)CCCCC1C(=O)NCc1ccc(F)cc1. The lowest BCUT2D eigenvalue weighted by atomic mass is 10.1. The number of likely N-dealkylation sites (N-methyl/N-ethyl adjacent to an activating group) is 1. The number of likely N-dealkylation sites (tertiary alicyclic amines) is 1. The minimum atomic E-state index is -0.398. The van der Waals surface area contributed by atoms with Crippen molar-refractivity contribution in [3.63, 3.8) is 0 Å². The average molecular weight is 278 g/mol. The molecule has 4 nitrogen and oxygen atoms in total. The van der Waals surface area contributed by atoms with Gasteiger partial charge >= 0.3 is 0 Å². The van der Waals surface area contributed by atoms with Crippen molar-refractivity contribution in [2.45, 2.75) is 38.3 Å². The molecule has 108 valence electrons. The lowest BCUT2D eigenvalue weighted by molar-refractivity contribution is -0.138. The van der Waals surface area contributed by atoms with Crippen molar-refractivity contribution in [2.75, 3.05) is 7.05 Å². The predicted octanol–water partition coefficient (Wildman–Crippen LogP) is 1.84. The lowest BCUT2D eigenvalue weighted by Crippen LogP contribution is -2.46. The second-order valence-corrected chi connectivity index (χ2v) is 5.11. The Morgan fingerprint density at radius 2 is 2.05 bits per heavy atom. The third-order valence-corrected chi connectivity index (χ3v) is 3.66. The van der Waals surface area contributed by atoms with E-state index >= 15 is 0 Å². The number of hydrogen-bond donors (Lipinski definition) is 1. The molecule has 0 aromatic heterocycles. The molecule has 1 aliphatic rings. The van der Waals surface area contributed by atoms with Crippen molar-refractivity contribution in [1.82, 2.24) is 10.2 Å². The summed E-state index contributed by atoms with van der Waals surface area (Å²) in [4.78, 5) is 25.4. The van der Waals surface area contributed by atoms with Gasteiger partial charge in [-0.2, -0.15) is 0 Å². The van der Waals surface area contributed by atoms with E-state index in [1.165, 1.54) is 17.0 Å². The number of carbonyl (C=O) groups excluding carboxylic acids is 2. The molecule has 0 aliphatic carbocycles. The summed E-state index contributed by atoms with van der Waals surface area (Å²) >= 11 is 0. The van der Waals surface area contributed by atoms with Gasteiger partial charge in [0.15, 0.2) is 0 Å². The fourth-order valence-corrected chi connectivity index (χ4v) is 2.37. The topological polar surface area (TPSA) is 49.4 Å². The molecule has 1 aromatic carbocycles. The van der Waals surface area contributed by atoms with Crippen LogP contribution in [0.5, 0.6) is 0 Å². The van der Waals surface area contributed by atoms with Gasteiger partial charge in [0.25, 0.3) is 0 Å². The molecule has 1 N–H and O–H groups in total. The zero-order valence-electron chi connectivity index (χ0n) is 11.6. The van der Waals surface area contributed by atoms with Gasteiger partial charge in [-0.1, -0.05) is 18.6 Å². The first-order valence-corrected chi connectivity index (χ1v) is 6.86. The molecule has 1 saturated heterocycles. The summed E-state index contributed by atoms with van der Waals surface area (Å²) in [5.74, 6) is -0.425. The van der Waals surface area contributed by atoms with Crippen LogP contribution in [0.1, 0.15) is 31.2 Å². The van der Waals surface area contributed by atoms with E-state index in [1.807, 2.05) is 0 Å². The number of benzene rings is 1. The van der Waals surface area contributed by atoms with Gasteiger partial charge in [0.1, 0.15) is 11.9 Å². The fraction of sp³-hybridized carbons (Fsp3) is 0.467. The maximum atomic E-state index is 12.8. The Morgan fingerprint density at radius 1 is 1.35 bits per heavy atom. The van der Waals surface area contributed by atoms with Crippen LogP contribution < -0.4 is 5.32 Å². The summed E-state index contributed by atoms with van der Waals surface area (Å²) in [5, 5.41) is 2.81. The molecule has 0 radical (unpaired) electrons. The van der Waals surface area contributed by atoms with E-state index < -0.39 is 6.04 Å². The first-order chi connectivity index (χ1) is 9.58. The molecule has 1 atom stereocenters. The minimum Gasteiger partial charge on any atom is -0.350 e. The van der Waals surface area contributed by atoms with Gasteiger partial charge in [0.2, 0.25) is 11.8 Å². The highest BCUT2D eigenvalue weighted by molar-refractivity contribution is 5.87. The molecule has 1 aromatic rings. The molecule has 2 rings (SSSR count). The number of rotatable bonds is 3. The van der Waals surface area contributed by atoms with Crippen LogP contribution in [0.2, 0.25) is 0 Å². The van der Waals surface area contributed by atoms with Crippen molar-refractivity contribution in [3.05, 3.63) is 35.6 Å². The highest BCUT2D eigenvalue weighted by atomic mass is 19.1. The Labute approximate surface area is 118 Å². The summed E-state index contributed by atoms with van der Waals surface area (Å²) in [5.41, 5.74) is 0.836.